The molecule has 0 aliphatic heterocycles. The maximum Gasteiger partial charge on any atom is 0.220 e. The van der Waals surface area contributed by atoms with Gasteiger partial charge in [-0.2, -0.15) is 0 Å². The Labute approximate surface area is 134 Å². The van der Waals surface area contributed by atoms with Crippen LogP contribution in [-0.2, 0) is 11.2 Å². The molecule has 3 nitrogen and oxygen atoms in total. The van der Waals surface area contributed by atoms with Crippen LogP contribution in [0.3, 0.4) is 0 Å². The topological polar surface area (TPSA) is 55.1 Å². The molecule has 2 atom stereocenters. The molecule has 1 aliphatic carbocycles. The van der Waals surface area contributed by atoms with Crippen molar-refractivity contribution >= 4 is 18.3 Å². The van der Waals surface area contributed by atoms with Gasteiger partial charge in [0.05, 0.1) is 0 Å². The van der Waals surface area contributed by atoms with Crippen LogP contribution in [0.15, 0.2) is 18.2 Å². The molecular weight excluding hydrogens is 284 g/mol. The first-order valence-electron chi connectivity index (χ1n) is 7.65. The van der Waals surface area contributed by atoms with E-state index in [4.69, 9.17) is 5.73 Å². The lowest BCUT2D eigenvalue weighted by molar-refractivity contribution is -0.122. The molecule has 21 heavy (non-hydrogen) atoms. The van der Waals surface area contributed by atoms with E-state index >= 15 is 0 Å². The molecule has 0 saturated heterocycles. The molecular formula is C17H27ClN2O. The maximum atomic E-state index is 11.9. The highest BCUT2D eigenvalue weighted by molar-refractivity contribution is 5.85. The molecule has 0 radical (unpaired) electrons. The maximum absolute atomic E-state index is 11.9. The Bertz CT molecular complexity index is 456. The molecule has 1 aromatic carbocycles. The van der Waals surface area contributed by atoms with Gasteiger partial charge in [-0.3, -0.25) is 4.79 Å². The number of benzene rings is 1. The van der Waals surface area contributed by atoms with Crippen molar-refractivity contribution in [2.45, 2.75) is 52.0 Å². The number of nitrogens with one attached hydrogen (secondary N) is 1. The fourth-order valence-corrected chi connectivity index (χ4v) is 3.20. The second-order valence-corrected chi connectivity index (χ2v) is 6.03. The van der Waals surface area contributed by atoms with Crippen LogP contribution in [-0.4, -0.2) is 18.5 Å². The van der Waals surface area contributed by atoms with Crippen molar-refractivity contribution in [2.24, 2.45) is 11.7 Å². The van der Waals surface area contributed by atoms with Crippen LogP contribution in [0.4, 0.5) is 0 Å². The summed E-state index contributed by atoms with van der Waals surface area (Å²) in [7, 11) is 0. The van der Waals surface area contributed by atoms with Gasteiger partial charge in [-0.15, -0.1) is 12.4 Å². The largest absolute Gasteiger partial charge is 0.356 e. The summed E-state index contributed by atoms with van der Waals surface area (Å²) < 4.78 is 0. The number of amides is 1. The molecule has 118 valence electrons. The average molecular weight is 311 g/mol. The van der Waals surface area contributed by atoms with Gasteiger partial charge in [-0.25, -0.2) is 0 Å². The number of carbonyl (C=O) groups excluding carboxylic acids is 1. The Morgan fingerprint density at radius 2 is 1.95 bits per heavy atom. The van der Waals surface area contributed by atoms with Crippen LogP contribution in [0, 0.1) is 19.8 Å². The molecule has 1 amide bonds. The van der Waals surface area contributed by atoms with Gasteiger partial charge < -0.3 is 11.1 Å². The van der Waals surface area contributed by atoms with Crippen molar-refractivity contribution in [3.05, 3.63) is 34.9 Å². The van der Waals surface area contributed by atoms with Gasteiger partial charge in [0.15, 0.2) is 0 Å². The summed E-state index contributed by atoms with van der Waals surface area (Å²) in [5.74, 6) is 0.536. The van der Waals surface area contributed by atoms with E-state index < -0.39 is 0 Å². The first-order valence-corrected chi connectivity index (χ1v) is 7.65. The average Bonchev–Trinajstić information content (AvgIpc) is 2.79. The summed E-state index contributed by atoms with van der Waals surface area (Å²) in [4.78, 5) is 11.9. The summed E-state index contributed by atoms with van der Waals surface area (Å²) in [6.45, 7) is 4.97. The number of halogens is 1. The summed E-state index contributed by atoms with van der Waals surface area (Å²) in [6, 6.07) is 6.55. The molecule has 4 heteroatoms. The smallest absolute Gasteiger partial charge is 0.220 e. The third-order valence-corrected chi connectivity index (χ3v) is 4.51. The first-order chi connectivity index (χ1) is 9.58. The lowest BCUT2D eigenvalue weighted by Crippen LogP contribution is -2.32. The van der Waals surface area contributed by atoms with E-state index in [2.05, 4.69) is 37.4 Å². The number of rotatable bonds is 5. The van der Waals surface area contributed by atoms with E-state index in [1.165, 1.54) is 23.1 Å². The minimum atomic E-state index is 0. The fourth-order valence-electron chi connectivity index (χ4n) is 3.20. The number of aryl methyl sites for hydroxylation is 2. The summed E-state index contributed by atoms with van der Waals surface area (Å²) in [6.07, 6.45) is 4.84. The number of nitrogens with two attached hydrogens (primary N) is 1. The standard InChI is InChI=1S/C17H26N2O.ClH/c1-12-5-3-6-13(2)15(12)9-10-19-17(20)11-14-7-4-8-16(14)18;/h3,5-6,14,16H,4,7-11,18H2,1-2H3,(H,19,20);1H/t14-,16+;/m0./s1. The highest BCUT2D eigenvalue weighted by Crippen LogP contribution is 2.26. The second kappa shape index (κ2) is 8.40. The molecule has 0 bridgehead atoms. The van der Waals surface area contributed by atoms with Crippen molar-refractivity contribution in [2.75, 3.05) is 6.54 Å². The molecule has 3 N–H and O–H groups in total. The van der Waals surface area contributed by atoms with Crippen LogP contribution in [0.2, 0.25) is 0 Å². The van der Waals surface area contributed by atoms with Crippen LogP contribution >= 0.6 is 12.4 Å². The first kappa shape index (κ1) is 18.0. The van der Waals surface area contributed by atoms with E-state index in [1.54, 1.807) is 0 Å². The van der Waals surface area contributed by atoms with E-state index in [0.717, 1.165) is 19.3 Å². The molecule has 1 fully saturated rings. The molecule has 2 rings (SSSR count). The number of hydrogen-bond donors (Lipinski definition) is 2. The normalized spacial score (nSPS) is 20.9. The molecule has 1 aromatic rings. The molecule has 0 heterocycles. The van der Waals surface area contributed by atoms with Crippen molar-refractivity contribution < 1.29 is 4.79 Å². The Kier molecular flexibility index (Phi) is 7.20. The van der Waals surface area contributed by atoms with Crippen LogP contribution in [0.1, 0.15) is 42.4 Å². The molecule has 0 aromatic heterocycles. The van der Waals surface area contributed by atoms with Crippen LogP contribution in [0.5, 0.6) is 0 Å². The van der Waals surface area contributed by atoms with Gasteiger partial charge in [0.1, 0.15) is 0 Å². The van der Waals surface area contributed by atoms with E-state index in [0.29, 0.717) is 18.9 Å². The summed E-state index contributed by atoms with van der Waals surface area (Å²) in [5, 5.41) is 3.04. The van der Waals surface area contributed by atoms with E-state index in [9.17, 15) is 4.79 Å². The molecule has 1 saturated carbocycles. The lowest BCUT2D eigenvalue weighted by Gasteiger charge is -2.15. The predicted octanol–water partition coefficient (Wildman–Crippen LogP) is 2.90. The van der Waals surface area contributed by atoms with Gasteiger partial charge in [0, 0.05) is 19.0 Å². The van der Waals surface area contributed by atoms with Gasteiger partial charge in [0.2, 0.25) is 5.91 Å². The Morgan fingerprint density at radius 3 is 2.52 bits per heavy atom. The minimum Gasteiger partial charge on any atom is -0.356 e. The third kappa shape index (κ3) is 5.01. The Hall–Kier alpha value is -1.06. The SMILES string of the molecule is Cc1cccc(C)c1CCNC(=O)C[C@@H]1CCC[C@H]1N.Cl. The monoisotopic (exact) mass is 310 g/mol. The van der Waals surface area contributed by atoms with E-state index in [-0.39, 0.29) is 24.4 Å². The Balaban J connectivity index is 0.00000220. The summed E-state index contributed by atoms with van der Waals surface area (Å²) >= 11 is 0. The number of hydrogen-bond acceptors (Lipinski definition) is 2. The number of carbonyl (C=O) groups is 1. The highest BCUT2D eigenvalue weighted by atomic mass is 35.5. The molecule has 0 unspecified atom stereocenters. The van der Waals surface area contributed by atoms with Crippen LogP contribution < -0.4 is 11.1 Å². The third-order valence-electron chi connectivity index (χ3n) is 4.51. The van der Waals surface area contributed by atoms with Gasteiger partial charge in [-0.05, 0) is 55.7 Å². The highest BCUT2D eigenvalue weighted by Gasteiger charge is 2.25. The summed E-state index contributed by atoms with van der Waals surface area (Å²) in [5.41, 5.74) is 9.96. The molecule has 1 aliphatic rings. The quantitative estimate of drug-likeness (QED) is 0.878. The van der Waals surface area contributed by atoms with Gasteiger partial charge in [-0.1, -0.05) is 24.6 Å². The van der Waals surface area contributed by atoms with Gasteiger partial charge in [0.25, 0.3) is 0 Å². The van der Waals surface area contributed by atoms with Crippen molar-refractivity contribution in [1.29, 1.82) is 0 Å². The van der Waals surface area contributed by atoms with Crippen molar-refractivity contribution in [3.63, 3.8) is 0 Å². The Morgan fingerprint density at radius 1 is 1.29 bits per heavy atom. The minimum absolute atomic E-state index is 0. The van der Waals surface area contributed by atoms with Crippen LogP contribution in [0.25, 0.3) is 0 Å². The zero-order valence-corrected chi connectivity index (χ0v) is 13.8. The molecule has 0 spiro atoms. The predicted molar refractivity (Wildman–Crippen MR) is 89.8 cm³/mol. The fraction of sp³-hybridized carbons (Fsp3) is 0.588. The zero-order chi connectivity index (χ0) is 14.5. The van der Waals surface area contributed by atoms with Gasteiger partial charge >= 0.3 is 0 Å². The second-order valence-electron chi connectivity index (χ2n) is 6.03. The lowest BCUT2D eigenvalue weighted by atomic mass is 9.99. The van der Waals surface area contributed by atoms with E-state index in [1.807, 2.05) is 0 Å². The van der Waals surface area contributed by atoms with Crippen molar-refractivity contribution in [3.8, 4) is 0 Å². The zero-order valence-electron chi connectivity index (χ0n) is 13.0. The van der Waals surface area contributed by atoms with Crippen molar-refractivity contribution in [1.82, 2.24) is 5.32 Å².